The topological polar surface area (TPSA) is 59.8 Å². The molecule has 5 nitrogen and oxygen atoms in total. The van der Waals surface area contributed by atoms with Crippen molar-refractivity contribution in [3.63, 3.8) is 0 Å². The predicted octanol–water partition coefficient (Wildman–Crippen LogP) is 3.68. The van der Waals surface area contributed by atoms with E-state index in [1.165, 1.54) is 5.56 Å². The molecule has 2 atom stereocenters. The summed E-state index contributed by atoms with van der Waals surface area (Å²) in [5.74, 6) is -0.0464. The van der Waals surface area contributed by atoms with Crippen molar-refractivity contribution in [3.05, 3.63) is 56.4 Å². The molecule has 3 rings (SSSR count). The van der Waals surface area contributed by atoms with Gasteiger partial charge in [0.25, 0.3) is 0 Å². The van der Waals surface area contributed by atoms with Crippen LogP contribution >= 0.6 is 22.7 Å². The third-order valence-corrected chi connectivity index (χ3v) is 5.69. The van der Waals surface area contributed by atoms with E-state index in [1.807, 2.05) is 32.2 Å². The lowest BCUT2D eigenvalue weighted by atomic mass is 10.1. The van der Waals surface area contributed by atoms with E-state index in [4.69, 9.17) is 0 Å². The summed E-state index contributed by atoms with van der Waals surface area (Å²) in [6.45, 7) is 5.78. The van der Waals surface area contributed by atoms with Gasteiger partial charge in [0.1, 0.15) is 11.0 Å². The number of aryl methyl sites for hydroxylation is 2. The highest BCUT2D eigenvalue weighted by Crippen LogP contribution is 2.24. The number of aromatic nitrogens is 3. The predicted molar refractivity (Wildman–Crippen MR) is 97.4 cm³/mol. The van der Waals surface area contributed by atoms with Crippen LogP contribution in [0.15, 0.2) is 34.5 Å². The standard InChI is InChI=1S/C17H20N4OS2/c1-11-9-24-17(19-11)15(8-14-5-7-23-10-14)20-16(22)13(3)21-12(2)4-6-18-21/h4-7,9-10,13,15H,8H2,1-3H3,(H,20,22)/t13-,15-/m0/s1. The van der Waals surface area contributed by atoms with Crippen LogP contribution < -0.4 is 5.32 Å². The summed E-state index contributed by atoms with van der Waals surface area (Å²) in [4.78, 5) is 17.3. The van der Waals surface area contributed by atoms with E-state index in [-0.39, 0.29) is 18.0 Å². The molecule has 0 aliphatic carbocycles. The molecule has 1 amide bonds. The summed E-state index contributed by atoms with van der Waals surface area (Å²) in [5.41, 5.74) is 3.16. The average molecular weight is 361 g/mol. The molecule has 0 saturated heterocycles. The van der Waals surface area contributed by atoms with Crippen LogP contribution in [0.5, 0.6) is 0 Å². The zero-order chi connectivity index (χ0) is 17.1. The third-order valence-electron chi connectivity index (χ3n) is 3.89. The summed E-state index contributed by atoms with van der Waals surface area (Å²) in [6.07, 6.45) is 2.46. The molecule has 3 aromatic heterocycles. The highest BCUT2D eigenvalue weighted by molar-refractivity contribution is 7.09. The molecule has 0 aliphatic heterocycles. The van der Waals surface area contributed by atoms with Crippen molar-refractivity contribution >= 4 is 28.6 Å². The quantitative estimate of drug-likeness (QED) is 0.729. The molecule has 24 heavy (non-hydrogen) atoms. The first-order valence-corrected chi connectivity index (χ1v) is 9.60. The Morgan fingerprint density at radius 1 is 1.33 bits per heavy atom. The van der Waals surface area contributed by atoms with Crippen molar-refractivity contribution in [1.82, 2.24) is 20.1 Å². The number of carbonyl (C=O) groups is 1. The molecule has 0 spiro atoms. The number of nitrogens with one attached hydrogen (secondary N) is 1. The third kappa shape index (κ3) is 3.73. The summed E-state index contributed by atoms with van der Waals surface area (Å²) < 4.78 is 1.74. The molecule has 3 heterocycles. The van der Waals surface area contributed by atoms with E-state index in [0.29, 0.717) is 0 Å². The maximum Gasteiger partial charge on any atom is 0.245 e. The lowest BCUT2D eigenvalue weighted by Gasteiger charge is -2.20. The summed E-state index contributed by atoms with van der Waals surface area (Å²) in [7, 11) is 0. The Morgan fingerprint density at radius 3 is 2.75 bits per heavy atom. The maximum atomic E-state index is 12.7. The zero-order valence-electron chi connectivity index (χ0n) is 13.9. The minimum Gasteiger partial charge on any atom is -0.345 e. The van der Waals surface area contributed by atoms with E-state index in [2.05, 4.69) is 32.2 Å². The van der Waals surface area contributed by atoms with Crippen LogP contribution in [0.25, 0.3) is 0 Å². The van der Waals surface area contributed by atoms with Gasteiger partial charge >= 0.3 is 0 Å². The number of nitrogens with zero attached hydrogens (tertiary/aromatic N) is 3. The highest BCUT2D eigenvalue weighted by Gasteiger charge is 2.23. The van der Waals surface area contributed by atoms with Crippen molar-refractivity contribution in [3.8, 4) is 0 Å². The second-order valence-electron chi connectivity index (χ2n) is 5.82. The molecule has 0 saturated carbocycles. The number of hydrogen-bond donors (Lipinski definition) is 1. The monoisotopic (exact) mass is 360 g/mol. The smallest absolute Gasteiger partial charge is 0.245 e. The van der Waals surface area contributed by atoms with E-state index < -0.39 is 0 Å². The number of thiophene rings is 1. The summed E-state index contributed by atoms with van der Waals surface area (Å²) in [5, 5.41) is 14.5. The van der Waals surface area contributed by atoms with E-state index in [9.17, 15) is 4.79 Å². The van der Waals surface area contributed by atoms with Gasteiger partial charge in [-0.25, -0.2) is 4.98 Å². The molecule has 0 aliphatic rings. The van der Waals surface area contributed by atoms with E-state index in [0.717, 1.165) is 22.8 Å². The minimum absolute atomic E-state index is 0.0464. The molecule has 126 valence electrons. The lowest BCUT2D eigenvalue weighted by molar-refractivity contribution is -0.125. The first-order valence-electron chi connectivity index (χ1n) is 7.78. The second-order valence-corrected chi connectivity index (χ2v) is 7.49. The van der Waals surface area contributed by atoms with Crippen LogP contribution in [-0.2, 0) is 11.2 Å². The molecule has 1 N–H and O–H groups in total. The lowest BCUT2D eigenvalue weighted by Crippen LogP contribution is -2.35. The Balaban J connectivity index is 1.78. The van der Waals surface area contributed by atoms with Gasteiger partial charge in [0, 0.05) is 29.4 Å². The first-order chi connectivity index (χ1) is 11.5. The van der Waals surface area contributed by atoms with E-state index >= 15 is 0 Å². The number of rotatable bonds is 6. The van der Waals surface area contributed by atoms with Gasteiger partial charge in [-0.1, -0.05) is 0 Å². The fourth-order valence-electron chi connectivity index (χ4n) is 2.57. The number of carbonyl (C=O) groups excluding carboxylic acids is 1. The first kappa shape index (κ1) is 16.9. The molecule has 0 bridgehead atoms. The fourth-order valence-corrected chi connectivity index (χ4v) is 4.09. The molecular formula is C17H20N4OS2. The van der Waals surface area contributed by atoms with Crippen LogP contribution in [0.1, 0.15) is 41.0 Å². The Hall–Kier alpha value is -1.99. The number of hydrogen-bond acceptors (Lipinski definition) is 5. The summed E-state index contributed by atoms with van der Waals surface area (Å²) >= 11 is 3.25. The summed E-state index contributed by atoms with van der Waals surface area (Å²) in [6, 6.07) is 3.51. The van der Waals surface area contributed by atoms with Crippen molar-refractivity contribution in [2.75, 3.05) is 0 Å². The Kier molecular flexibility index (Phi) is 5.11. The van der Waals surface area contributed by atoms with Crippen molar-refractivity contribution in [2.45, 2.75) is 39.3 Å². The molecule has 3 aromatic rings. The average Bonchev–Trinajstić information content (AvgIpc) is 3.28. The largest absolute Gasteiger partial charge is 0.345 e. The van der Waals surface area contributed by atoms with Crippen LogP contribution in [0.4, 0.5) is 0 Å². The van der Waals surface area contributed by atoms with Crippen LogP contribution in [-0.4, -0.2) is 20.7 Å². The number of thiazole rings is 1. The van der Waals surface area contributed by atoms with Gasteiger partial charge in [-0.2, -0.15) is 16.4 Å². The molecule has 7 heteroatoms. The van der Waals surface area contributed by atoms with Gasteiger partial charge < -0.3 is 5.32 Å². The van der Waals surface area contributed by atoms with Gasteiger partial charge in [-0.05, 0) is 49.2 Å². The SMILES string of the molecule is Cc1csc([C@H](Cc2ccsc2)NC(=O)[C@H](C)n2nccc2C)n1. The van der Waals surface area contributed by atoms with Crippen LogP contribution in [0.2, 0.25) is 0 Å². The molecule has 0 unspecified atom stereocenters. The van der Waals surface area contributed by atoms with E-state index in [1.54, 1.807) is 33.6 Å². The van der Waals surface area contributed by atoms with Crippen LogP contribution in [0.3, 0.4) is 0 Å². The Morgan fingerprint density at radius 2 is 2.17 bits per heavy atom. The zero-order valence-corrected chi connectivity index (χ0v) is 15.5. The Labute approximate surface area is 149 Å². The van der Waals surface area contributed by atoms with Gasteiger partial charge in [0.05, 0.1) is 6.04 Å². The van der Waals surface area contributed by atoms with Gasteiger partial charge in [0.15, 0.2) is 0 Å². The van der Waals surface area contributed by atoms with Crippen molar-refractivity contribution in [2.24, 2.45) is 0 Å². The van der Waals surface area contributed by atoms with Gasteiger partial charge in [-0.3, -0.25) is 9.48 Å². The number of amides is 1. The maximum absolute atomic E-state index is 12.7. The van der Waals surface area contributed by atoms with Gasteiger partial charge in [0.2, 0.25) is 5.91 Å². The van der Waals surface area contributed by atoms with Crippen molar-refractivity contribution in [1.29, 1.82) is 0 Å². The molecular weight excluding hydrogens is 340 g/mol. The molecule has 0 fully saturated rings. The van der Waals surface area contributed by atoms with Crippen LogP contribution in [0, 0.1) is 13.8 Å². The molecule has 0 radical (unpaired) electrons. The Bertz CT molecular complexity index is 806. The second kappa shape index (κ2) is 7.27. The minimum atomic E-state index is -0.356. The van der Waals surface area contributed by atoms with Crippen molar-refractivity contribution < 1.29 is 4.79 Å². The molecule has 0 aromatic carbocycles. The fraction of sp³-hybridized carbons (Fsp3) is 0.353. The highest BCUT2D eigenvalue weighted by atomic mass is 32.1. The normalized spacial score (nSPS) is 13.6. The van der Waals surface area contributed by atoms with Gasteiger partial charge in [-0.15, -0.1) is 11.3 Å².